The predicted molar refractivity (Wildman–Crippen MR) is 87.4 cm³/mol. The lowest BCUT2D eigenvalue weighted by Gasteiger charge is -2.42. The van der Waals surface area contributed by atoms with E-state index in [4.69, 9.17) is 5.73 Å². The van der Waals surface area contributed by atoms with Crippen molar-refractivity contribution in [2.45, 2.75) is 40.2 Å². The SMILES string of the molecule is Cc1cccc(C)c1NCC(=O)N1CCC(N)C(C)(C)C1. The Morgan fingerprint density at radius 1 is 1.38 bits per heavy atom. The zero-order valence-corrected chi connectivity index (χ0v) is 13.6. The normalized spacial score (nSPS) is 21.2. The van der Waals surface area contributed by atoms with Crippen molar-refractivity contribution >= 4 is 11.6 Å². The Balaban J connectivity index is 1.96. The lowest BCUT2D eigenvalue weighted by atomic mass is 9.79. The van der Waals surface area contributed by atoms with Crippen LogP contribution in [0.1, 0.15) is 31.4 Å². The number of hydrogen-bond donors (Lipinski definition) is 2. The number of carbonyl (C=O) groups excluding carboxylic acids is 1. The molecule has 1 aliphatic heterocycles. The van der Waals surface area contributed by atoms with E-state index in [-0.39, 0.29) is 17.4 Å². The maximum absolute atomic E-state index is 12.4. The number of hydrogen-bond acceptors (Lipinski definition) is 3. The number of nitrogens with zero attached hydrogens (tertiary/aromatic N) is 1. The smallest absolute Gasteiger partial charge is 0.241 e. The average Bonchev–Trinajstić information content (AvgIpc) is 2.41. The molecule has 1 saturated heterocycles. The van der Waals surface area contributed by atoms with Crippen molar-refractivity contribution in [3.05, 3.63) is 29.3 Å². The molecule has 0 saturated carbocycles. The third kappa shape index (κ3) is 3.56. The summed E-state index contributed by atoms with van der Waals surface area (Å²) in [6.07, 6.45) is 0.877. The number of benzene rings is 1. The quantitative estimate of drug-likeness (QED) is 0.897. The van der Waals surface area contributed by atoms with Crippen LogP contribution in [-0.4, -0.2) is 36.5 Å². The fourth-order valence-corrected chi connectivity index (χ4v) is 2.96. The molecule has 2 rings (SSSR count). The van der Waals surface area contributed by atoms with E-state index in [1.54, 1.807) is 0 Å². The van der Waals surface area contributed by atoms with E-state index in [0.717, 1.165) is 25.2 Å². The molecule has 1 atom stereocenters. The number of para-hydroxylation sites is 1. The first kappa shape index (κ1) is 15.8. The summed E-state index contributed by atoms with van der Waals surface area (Å²) >= 11 is 0. The first-order valence-electron chi connectivity index (χ1n) is 7.65. The Labute approximate surface area is 127 Å². The van der Waals surface area contributed by atoms with Crippen molar-refractivity contribution in [2.75, 3.05) is 25.0 Å². The summed E-state index contributed by atoms with van der Waals surface area (Å²) in [6.45, 7) is 10.2. The maximum Gasteiger partial charge on any atom is 0.241 e. The molecule has 1 fully saturated rings. The van der Waals surface area contributed by atoms with Crippen molar-refractivity contribution in [1.29, 1.82) is 0 Å². The summed E-state index contributed by atoms with van der Waals surface area (Å²) in [5.41, 5.74) is 9.53. The van der Waals surface area contributed by atoms with Crippen molar-refractivity contribution in [3.8, 4) is 0 Å². The number of piperidine rings is 1. The van der Waals surface area contributed by atoms with E-state index in [9.17, 15) is 4.79 Å². The van der Waals surface area contributed by atoms with E-state index in [2.05, 4.69) is 45.1 Å². The Morgan fingerprint density at radius 2 is 2.00 bits per heavy atom. The van der Waals surface area contributed by atoms with Crippen molar-refractivity contribution < 1.29 is 4.79 Å². The van der Waals surface area contributed by atoms with E-state index >= 15 is 0 Å². The van der Waals surface area contributed by atoms with Crippen LogP contribution in [-0.2, 0) is 4.79 Å². The topological polar surface area (TPSA) is 58.4 Å². The number of rotatable bonds is 3. The van der Waals surface area contributed by atoms with Crippen LogP contribution in [0.3, 0.4) is 0 Å². The van der Waals surface area contributed by atoms with Gasteiger partial charge in [0.05, 0.1) is 6.54 Å². The van der Waals surface area contributed by atoms with E-state index < -0.39 is 0 Å². The molecule has 1 amide bonds. The summed E-state index contributed by atoms with van der Waals surface area (Å²) in [5.74, 6) is 0.151. The summed E-state index contributed by atoms with van der Waals surface area (Å²) in [5, 5.41) is 3.29. The van der Waals surface area contributed by atoms with Gasteiger partial charge in [-0.05, 0) is 36.8 Å². The van der Waals surface area contributed by atoms with Gasteiger partial charge in [0.15, 0.2) is 0 Å². The molecule has 1 heterocycles. The minimum Gasteiger partial charge on any atom is -0.376 e. The molecule has 3 N–H and O–H groups in total. The second-order valence-corrected chi connectivity index (χ2v) is 6.82. The molecule has 1 aromatic carbocycles. The number of anilines is 1. The van der Waals surface area contributed by atoms with Crippen LogP contribution in [0.25, 0.3) is 0 Å². The molecule has 1 unspecified atom stereocenters. The first-order chi connectivity index (χ1) is 9.81. The minimum atomic E-state index is -0.00745. The molecule has 0 radical (unpaired) electrons. The van der Waals surface area contributed by atoms with Gasteiger partial charge >= 0.3 is 0 Å². The van der Waals surface area contributed by atoms with Crippen LogP contribution in [0, 0.1) is 19.3 Å². The van der Waals surface area contributed by atoms with Gasteiger partial charge in [0.1, 0.15) is 0 Å². The Kier molecular flexibility index (Phi) is 4.57. The zero-order chi connectivity index (χ0) is 15.6. The van der Waals surface area contributed by atoms with Crippen molar-refractivity contribution in [3.63, 3.8) is 0 Å². The molecular formula is C17H27N3O. The van der Waals surface area contributed by atoms with Gasteiger partial charge in [-0.15, -0.1) is 0 Å². The largest absolute Gasteiger partial charge is 0.376 e. The van der Waals surface area contributed by atoms with Crippen LogP contribution in [0.15, 0.2) is 18.2 Å². The third-order valence-corrected chi connectivity index (χ3v) is 4.56. The molecule has 116 valence electrons. The minimum absolute atomic E-state index is 0.00745. The molecule has 4 nitrogen and oxygen atoms in total. The second-order valence-electron chi connectivity index (χ2n) is 6.82. The number of nitrogens with two attached hydrogens (primary N) is 1. The summed E-state index contributed by atoms with van der Waals surface area (Å²) in [7, 11) is 0. The van der Waals surface area contributed by atoms with Gasteiger partial charge in [0.25, 0.3) is 0 Å². The van der Waals surface area contributed by atoms with Gasteiger partial charge in [0, 0.05) is 24.8 Å². The van der Waals surface area contributed by atoms with E-state index in [0.29, 0.717) is 6.54 Å². The Morgan fingerprint density at radius 3 is 2.57 bits per heavy atom. The fourth-order valence-electron chi connectivity index (χ4n) is 2.96. The van der Waals surface area contributed by atoms with Crippen molar-refractivity contribution in [1.82, 2.24) is 4.90 Å². The first-order valence-corrected chi connectivity index (χ1v) is 7.65. The maximum atomic E-state index is 12.4. The van der Waals surface area contributed by atoms with Crippen LogP contribution in [0.4, 0.5) is 5.69 Å². The van der Waals surface area contributed by atoms with Gasteiger partial charge in [-0.25, -0.2) is 0 Å². The highest BCUT2D eigenvalue weighted by Crippen LogP contribution is 2.27. The fraction of sp³-hybridized carbons (Fsp3) is 0.588. The van der Waals surface area contributed by atoms with Gasteiger partial charge in [-0.2, -0.15) is 0 Å². The predicted octanol–water partition coefficient (Wildman–Crippen LogP) is 2.30. The number of carbonyl (C=O) groups is 1. The van der Waals surface area contributed by atoms with E-state index in [1.165, 1.54) is 11.1 Å². The molecule has 0 aliphatic carbocycles. The molecule has 0 aromatic heterocycles. The highest BCUT2D eigenvalue weighted by molar-refractivity contribution is 5.81. The number of amides is 1. The lowest BCUT2D eigenvalue weighted by Crippen LogP contribution is -2.54. The van der Waals surface area contributed by atoms with Crippen LogP contribution in [0.2, 0.25) is 0 Å². The average molecular weight is 289 g/mol. The van der Waals surface area contributed by atoms with Gasteiger partial charge in [-0.3, -0.25) is 4.79 Å². The van der Waals surface area contributed by atoms with Crippen LogP contribution in [0.5, 0.6) is 0 Å². The number of likely N-dealkylation sites (tertiary alicyclic amines) is 1. The molecular weight excluding hydrogens is 262 g/mol. The highest BCUT2D eigenvalue weighted by Gasteiger charge is 2.35. The number of nitrogens with one attached hydrogen (secondary N) is 1. The third-order valence-electron chi connectivity index (χ3n) is 4.56. The molecule has 1 aromatic rings. The second kappa shape index (κ2) is 6.06. The highest BCUT2D eigenvalue weighted by atomic mass is 16.2. The summed E-state index contributed by atoms with van der Waals surface area (Å²) < 4.78 is 0. The van der Waals surface area contributed by atoms with Gasteiger partial charge in [0.2, 0.25) is 5.91 Å². The van der Waals surface area contributed by atoms with Crippen LogP contribution >= 0.6 is 0 Å². The standard InChI is InChI=1S/C17H27N3O/c1-12-6-5-7-13(2)16(12)19-10-15(21)20-9-8-14(18)17(3,4)11-20/h5-7,14,19H,8-11,18H2,1-4H3. The summed E-state index contributed by atoms with van der Waals surface area (Å²) in [6, 6.07) is 6.32. The van der Waals surface area contributed by atoms with Crippen molar-refractivity contribution in [2.24, 2.45) is 11.1 Å². The zero-order valence-electron chi connectivity index (χ0n) is 13.6. The molecule has 4 heteroatoms. The monoisotopic (exact) mass is 289 g/mol. The van der Waals surface area contributed by atoms with Gasteiger partial charge in [-0.1, -0.05) is 32.0 Å². The van der Waals surface area contributed by atoms with Gasteiger partial charge < -0.3 is 16.0 Å². The summed E-state index contributed by atoms with van der Waals surface area (Å²) in [4.78, 5) is 14.3. The molecule has 0 bridgehead atoms. The number of aryl methyl sites for hydroxylation is 2. The Hall–Kier alpha value is -1.55. The molecule has 21 heavy (non-hydrogen) atoms. The molecule has 1 aliphatic rings. The van der Waals surface area contributed by atoms with Crippen LogP contribution < -0.4 is 11.1 Å². The molecule has 0 spiro atoms. The van der Waals surface area contributed by atoms with E-state index in [1.807, 2.05) is 11.0 Å². The lowest BCUT2D eigenvalue weighted by molar-refractivity contribution is -0.132. The Bertz CT molecular complexity index is 505.